The third kappa shape index (κ3) is 3.21. The van der Waals surface area contributed by atoms with Crippen LogP contribution in [-0.4, -0.2) is 29.1 Å². The zero-order chi connectivity index (χ0) is 17.9. The van der Waals surface area contributed by atoms with E-state index in [4.69, 9.17) is 9.47 Å². The first-order valence-electron chi connectivity index (χ1n) is 8.24. The number of benzene rings is 1. The minimum Gasteiger partial charge on any atom is -0.490 e. The largest absolute Gasteiger partial charge is 0.490 e. The van der Waals surface area contributed by atoms with E-state index in [1.165, 1.54) is 11.3 Å². The lowest BCUT2D eigenvalue weighted by molar-refractivity contribution is -0.113. The molecule has 1 aliphatic heterocycles. The molecule has 0 atom stereocenters. The van der Waals surface area contributed by atoms with E-state index >= 15 is 0 Å². The second-order valence-corrected chi connectivity index (χ2v) is 6.50. The third-order valence-corrected chi connectivity index (χ3v) is 4.66. The number of aromatic nitrogens is 2. The zero-order valence-electron chi connectivity index (χ0n) is 14.1. The molecule has 1 aromatic carbocycles. The van der Waals surface area contributed by atoms with Crippen LogP contribution in [0.3, 0.4) is 0 Å². The van der Waals surface area contributed by atoms with Crippen molar-refractivity contribution in [1.82, 2.24) is 9.97 Å². The second-order valence-electron chi connectivity index (χ2n) is 5.64. The van der Waals surface area contributed by atoms with Gasteiger partial charge in [-0.15, -0.1) is 11.3 Å². The lowest BCUT2D eigenvalue weighted by Crippen LogP contribution is -2.21. The number of para-hydroxylation sites is 1. The minimum atomic E-state index is -0.218. The van der Waals surface area contributed by atoms with Crippen LogP contribution < -0.4 is 14.8 Å². The van der Waals surface area contributed by atoms with Crippen molar-refractivity contribution in [3.05, 3.63) is 53.0 Å². The van der Waals surface area contributed by atoms with Crippen LogP contribution in [0, 0.1) is 0 Å². The third-order valence-electron chi connectivity index (χ3n) is 3.90. The highest BCUT2D eigenvalue weighted by Gasteiger charge is 2.21. The van der Waals surface area contributed by atoms with Gasteiger partial charge in [0.05, 0.1) is 23.6 Å². The molecular weight excluding hydrogens is 350 g/mol. The Morgan fingerprint density at radius 1 is 1.38 bits per heavy atom. The van der Waals surface area contributed by atoms with Crippen LogP contribution in [-0.2, 0) is 4.79 Å². The molecule has 0 fully saturated rings. The summed E-state index contributed by atoms with van der Waals surface area (Å²) in [7, 11) is 0. The Bertz CT molecular complexity index is 960. The number of nitrogens with zero attached hydrogens (tertiary/aromatic N) is 1. The molecule has 3 heterocycles. The van der Waals surface area contributed by atoms with Gasteiger partial charge >= 0.3 is 0 Å². The molecule has 0 saturated heterocycles. The number of H-pyrrole nitrogens is 1. The average molecular weight is 367 g/mol. The van der Waals surface area contributed by atoms with E-state index in [0.717, 1.165) is 17.0 Å². The summed E-state index contributed by atoms with van der Waals surface area (Å²) >= 11 is 1.38. The lowest BCUT2D eigenvalue weighted by atomic mass is 10.1. The van der Waals surface area contributed by atoms with Gasteiger partial charge in [-0.1, -0.05) is 12.1 Å². The van der Waals surface area contributed by atoms with Crippen molar-refractivity contribution >= 4 is 28.5 Å². The number of hydrogen-bond donors (Lipinski definition) is 2. The van der Waals surface area contributed by atoms with Crippen molar-refractivity contribution in [3.63, 3.8) is 0 Å². The first-order valence-corrected chi connectivity index (χ1v) is 9.12. The topological polar surface area (TPSA) is 76.2 Å². The van der Waals surface area contributed by atoms with E-state index in [1.54, 1.807) is 0 Å². The molecule has 3 aromatic rings. The minimum absolute atomic E-state index is 0.192. The van der Waals surface area contributed by atoms with Gasteiger partial charge in [-0.05, 0) is 31.2 Å². The predicted octanol–water partition coefficient (Wildman–Crippen LogP) is 3.95. The van der Waals surface area contributed by atoms with E-state index < -0.39 is 0 Å². The van der Waals surface area contributed by atoms with E-state index in [9.17, 15) is 4.79 Å². The summed E-state index contributed by atoms with van der Waals surface area (Å²) in [6.45, 7) is 2.67. The number of anilines is 1. The van der Waals surface area contributed by atoms with Crippen molar-refractivity contribution in [2.45, 2.75) is 6.92 Å². The molecule has 0 aliphatic carbocycles. The fraction of sp³-hybridized carbons (Fsp3) is 0.158. The number of aromatic amines is 1. The van der Waals surface area contributed by atoms with Crippen LogP contribution >= 0.6 is 11.3 Å². The molecule has 4 rings (SSSR count). The van der Waals surface area contributed by atoms with Gasteiger partial charge in [0, 0.05) is 17.1 Å². The number of ether oxygens (including phenoxy) is 2. The fourth-order valence-electron chi connectivity index (χ4n) is 2.70. The maximum atomic E-state index is 12.6. The van der Waals surface area contributed by atoms with Crippen LogP contribution in [0.4, 0.5) is 5.13 Å². The number of thiazole rings is 1. The molecule has 0 unspecified atom stereocenters. The van der Waals surface area contributed by atoms with E-state index in [1.807, 2.05) is 54.9 Å². The average Bonchev–Trinajstić information content (AvgIpc) is 3.33. The molecule has 1 aliphatic rings. The summed E-state index contributed by atoms with van der Waals surface area (Å²) in [5.41, 5.74) is 3.09. The van der Waals surface area contributed by atoms with Gasteiger partial charge in [0.15, 0.2) is 16.6 Å². The van der Waals surface area contributed by atoms with Crippen LogP contribution in [0.2, 0.25) is 0 Å². The van der Waals surface area contributed by atoms with Gasteiger partial charge in [-0.3, -0.25) is 10.1 Å². The summed E-state index contributed by atoms with van der Waals surface area (Å²) < 4.78 is 11.3. The smallest absolute Gasteiger partial charge is 0.256 e. The molecule has 2 aromatic heterocycles. The molecule has 0 bridgehead atoms. The number of carbonyl (C=O) groups excluding carboxylic acids is 1. The summed E-state index contributed by atoms with van der Waals surface area (Å²) in [6, 6.07) is 9.49. The van der Waals surface area contributed by atoms with Crippen molar-refractivity contribution in [2.75, 3.05) is 18.5 Å². The van der Waals surface area contributed by atoms with Crippen molar-refractivity contribution in [2.24, 2.45) is 0 Å². The molecular formula is C19H17N3O3S. The predicted molar refractivity (Wildman–Crippen MR) is 102 cm³/mol. The Balaban J connectivity index is 1.51. The zero-order valence-corrected chi connectivity index (χ0v) is 14.9. The number of hydrogen-bond acceptors (Lipinski definition) is 5. The van der Waals surface area contributed by atoms with E-state index in [0.29, 0.717) is 28.8 Å². The van der Waals surface area contributed by atoms with Crippen LogP contribution in [0.15, 0.2) is 47.5 Å². The molecule has 2 N–H and O–H groups in total. The van der Waals surface area contributed by atoms with E-state index in [2.05, 4.69) is 15.3 Å². The molecule has 1 amide bonds. The molecule has 6 nitrogen and oxygen atoms in total. The molecule has 0 radical (unpaired) electrons. The fourth-order valence-corrected chi connectivity index (χ4v) is 3.41. The number of carbonyl (C=O) groups is 1. The molecule has 0 spiro atoms. The Morgan fingerprint density at radius 2 is 2.31 bits per heavy atom. The lowest BCUT2D eigenvalue weighted by Gasteiger charge is -2.19. The van der Waals surface area contributed by atoms with Crippen LogP contribution in [0.25, 0.3) is 17.5 Å². The quantitative estimate of drug-likeness (QED) is 0.716. The number of rotatable bonds is 5. The van der Waals surface area contributed by atoms with Gasteiger partial charge < -0.3 is 14.5 Å². The van der Waals surface area contributed by atoms with Crippen molar-refractivity contribution in [1.29, 1.82) is 0 Å². The molecule has 26 heavy (non-hydrogen) atoms. The standard InChI is InChI=1S/C19H17N3O3S/c1-2-24-16-7-3-5-12-9-13(10-25-17(12)16)18(23)22-19-21-15(11-26-19)14-6-4-8-20-14/h3-9,11,20H,2,10H2,1H3,(H,21,22,23). The Kier molecular flexibility index (Phi) is 4.45. The molecule has 132 valence electrons. The number of nitrogens with one attached hydrogen (secondary N) is 2. The normalized spacial score (nSPS) is 12.7. The maximum Gasteiger partial charge on any atom is 0.256 e. The van der Waals surface area contributed by atoms with E-state index in [-0.39, 0.29) is 12.5 Å². The van der Waals surface area contributed by atoms with Crippen LogP contribution in [0.5, 0.6) is 11.5 Å². The van der Waals surface area contributed by atoms with Gasteiger partial charge in [0.2, 0.25) is 0 Å². The summed E-state index contributed by atoms with van der Waals surface area (Å²) in [4.78, 5) is 20.1. The Hall–Kier alpha value is -3.06. The van der Waals surface area contributed by atoms with Gasteiger partial charge in [0.1, 0.15) is 6.61 Å². The van der Waals surface area contributed by atoms with Gasteiger partial charge in [0.25, 0.3) is 5.91 Å². The first kappa shape index (κ1) is 16.4. The molecule has 7 heteroatoms. The monoisotopic (exact) mass is 367 g/mol. The van der Waals surface area contributed by atoms with Crippen molar-refractivity contribution in [3.8, 4) is 22.9 Å². The number of amides is 1. The van der Waals surface area contributed by atoms with Crippen LogP contribution in [0.1, 0.15) is 12.5 Å². The summed E-state index contributed by atoms with van der Waals surface area (Å²) in [5.74, 6) is 1.15. The van der Waals surface area contributed by atoms with Gasteiger partial charge in [-0.2, -0.15) is 0 Å². The SMILES string of the molecule is CCOc1cccc2c1OCC(C(=O)Nc1nc(-c3ccc[nH]3)cs1)=C2. The van der Waals surface area contributed by atoms with Gasteiger partial charge in [-0.25, -0.2) is 4.98 Å². The first-order chi connectivity index (χ1) is 12.7. The summed E-state index contributed by atoms with van der Waals surface area (Å²) in [6.07, 6.45) is 3.67. The number of fused-ring (bicyclic) bond motifs is 1. The van der Waals surface area contributed by atoms with Crippen molar-refractivity contribution < 1.29 is 14.3 Å². The highest BCUT2D eigenvalue weighted by atomic mass is 32.1. The highest BCUT2D eigenvalue weighted by Crippen LogP contribution is 2.36. The Morgan fingerprint density at radius 3 is 3.12 bits per heavy atom. The highest BCUT2D eigenvalue weighted by molar-refractivity contribution is 7.14. The second kappa shape index (κ2) is 7.05. The Labute approximate surface area is 154 Å². The maximum absolute atomic E-state index is 12.6. The summed E-state index contributed by atoms with van der Waals surface area (Å²) in [5, 5.41) is 5.29. The molecule has 0 saturated carbocycles.